The maximum Gasteiger partial charge on any atom is 0.311 e. The average molecular weight is 426 g/mol. The summed E-state index contributed by atoms with van der Waals surface area (Å²) in [5.74, 6) is -1.74. The van der Waals surface area contributed by atoms with E-state index in [0.717, 1.165) is 35.0 Å². The van der Waals surface area contributed by atoms with Gasteiger partial charge in [-0.05, 0) is 18.2 Å². The fourth-order valence-corrected chi connectivity index (χ4v) is 2.48. The van der Waals surface area contributed by atoms with Gasteiger partial charge < -0.3 is 10.1 Å². The molecule has 0 unspecified atom stereocenters. The zero-order valence-corrected chi connectivity index (χ0v) is 15.4. The third-order valence-corrected chi connectivity index (χ3v) is 3.93. The van der Waals surface area contributed by atoms with Gasteiger partial charge >= 0.3 is 5.69 Å². The third kappa shape index (κ3) is 4.77. The summed E-state index contributed by atoms with van der Waals surface area (Å²) in [6, 6.07) is 9.19. The molecule has 1 heterocycles. The molecule has 0 aliphatic carbocycles. The van der Waals surface area contributed by atoms with Gasteiger partial charge in [-0.15, -0.1) is 0 Å². The van der Waals surface area contributed by atoms with Crippen LogP contribution in [0, 0.1) is 37.4 Å². The highest BCUT2D eigenvalue weighted by atomic mass is 19.1. The number of halogens is 1. The molecule has 0 aliphatic rings. The number of benzene rings is 2. The number of anilines is 1. The molecule has 0 aliphatic heterocycles. The predicted molar refractivity (Wildman–Crippen MR) is 102 cm³/mol. The van der Waals surface area contributed by atoms with Gasteiger partial charge in [0.15, 0.2) is 12.4 Å². The van der Waals surface area contributed by atoms with E-state index in [1.54, 1.807) is 6.07 Å². The summed E-state index contributed by atoms with van der Waals surface area (Å²) in [5.41, 5.74) is -0.876. The summed E-state index contributed by atoms with van der Waals surface area (Å²) >= 11 is 0. The zero-order chi connectivity index (χ0) is 22.5. The van der Waals surface area contributed by atoms with Crippen LogP contribution in [0.15, 0.2) is 48.7 Å². The van der Waals surface area contributed by atoms with E-state index in [1.165, 1.54) is 18.3 Å². The standard InChI is InChI=1S/C18H11FN6O6/c19-12-1-4-16(25(29)30)17(8-12)31-10-23-6-5-15(22-23)18(26)21-14-3-2-13(24(27)28)7-11(14)9-20/h1-8H,10H2,(H,21,26). The molecule has 3 rings (SSSR count). The van der Waals surface area contributed by atoms with Crippen molar-refractivity contribution in [2.24, 2.45) is 0 Å². The van der Waals surface area contributed by atoms with Crippen molar-refractivity contribution in [1.82, 2.24) is 9.78 Å². The number of nitro benzene ring substituents is 2. The molecule has 2 aromatic carbocycles. The topological polar surface area (TPSA) is 166 Å². The quantitative estimate of drug-likeness (QED) is 0.444. The van der Waals surface area contributed by atoms with Crippen LogP contribution in [0.1, 0.15) is 16.1 Å². The molecule has 0 fully saturated rings. The molecule has 12 nitrogen and oxygen atoms in total. The van der Waals surface area contributed by atoms with Crippen molar-refractivity contribution in [1.29, 1.82) is 5.26 Å². The number of amides is 1. The van der Waals surface area contributed by atoms with Crippen molar-refractivity contribution in [2.75, 3.05) is 5.32 Å². The Balaban J connectivity index is 1.71. The largest absolute Gasteiger partial charge is 0.464 e. The molecule has 31 heavy (non-hydrogen) atoms. The fourth-order valence-electron chi connectivity index (χ4n) is 2.48. The Labute approximate surface area is 172 Å². The van der Waals surface area contributed by atoms with Crippen molar-refractivity contribution in [2.45, 2.75) is 6.73 Å². The van der Waals surface area contributed by atoms with Crippen LogP contribution in [-0.4, -0.2) is 25.5 Å². The second-order valence-corrected chi connectivity index (χ2v) is 5.94. The van der Waals surface area contributed by atoms with Crippen molar-refractivity contribution < 1.29 is 23.8 Å². The van der Waals surface area contributed by atoms with Gasteiger partial charge in [-0.2, -0.15) is 10.4 Å². The van der Waals surface area contributed by atoms with E-state index >= 15 is 0 Å². The Morgan fingerprint density at radius 1 is 1.19 bits per heavy atom. The molecular formula is C18H11FN6O6. The normalized spacial score (nSPS) is 10.2. The number of nitrogens with zero attached hydrogens (tertiary/aromatic N) is 5. The lowest BCUT2D eigenvalue weighted by Crippen LogP contribution is -2.15. The smallest absolute Gasteiger partial charge is 0.311 e. The van der Waals surface area contributed by atoms with E-state index in [4.69, 9.17) is 10.00 Å². The minimum absolute atomic E-state index is 0.0549. The van der Waals surface area contributed by atoms with Gasteiger partial charge in [0.25, 0.3) is 11.6 Å². The van der Waals surface area contributed by atoms with E-state index < -0.39 is 27.3 Å². The monoisotopic (exact) mass is 426 g/mol. The zero-order valence-electron chi connectivity index (χ0n) is 15.4. The Bertz CT molecular complexity index is 1230. The highest BCUT2D eigenvalue weighted by molar-refractivity contribution is 6.03. The van der Waals surface area contributed by atoms with Crippen LogP contribution in [0.25, 0.3) is 0 Å². The van der Waals surface area contributed by atoms with Gasteiger partial charge in [-0.1, -0.05) is 0 Å². The number of hydrogen-bond acceptors (Lipinski definition) is 8. The first-order chi connectivity index (χ1) is 14.8. The number of nitriles is 1. The molecule has 0 bridgehead atoms. The second-order valence-electron chi connectivity index (χ2n) is 5.94. The van der Waals surface area contributed by atoms with Crippen molar-refractivity contribution in [3.63, 3.8) is 0 Å². The summed E-state index contributed by atoms with van der Waals surface area (Å²) < 4.78 is 19.7. The highest BCUT2D eigenvalue weighted by Gasteiger charge is 2.18. The number of nitro groups is 2. The lowest BCUT2D eigenvalue weighted by Gasteiger charge is -2.07. The molecule has 0 saturated carbocycles. The van der Waals surface area contributed by atoms with E-state index in [1.807, 2.05) is 0 Å². The molecule has 1 amide bonds. The van der Waals surface area contributed by atoms with E-state index in [9.17, 15) is 29.4 Å². The summed E-state index contributed by atoms with van der Waals surface area (Å²) in [6.07, 6.45) is 1.35. The van der Waals surface area contributed by atoms with E-state index in [-0.39, 0.29) is 35.1 Å². The van der Waals surface area contributed by atoms with Crippen LogP contribution in [0.4, 0.5) is 21.5 Å². The molecule has 0 radical (unpaired) electrons. The van der Waals surface area contributed by atoms with Crippen LogP contribution in [0.2, 0.25) is 0 Å². The van der Waals surface area contributed by atoms with E-state index in [0.29, 0.717) is 0 Å². The Morgan fingerprint density at radius 2 is 1.97 bits per heavy atom. The van der Waals surface area contributed by atoms with Gasteiger partial charge in [0.1, 0.15) is 11.9 Å². The SMILES string of the molecule is N#Cc1cc([N+](=O)[O-])ccc1NC(=O)c1ccn(COc2cc(F)ccc2[N+](=O)[O-])n1. The predicted octanol–water partition coefficient (Wildman–Crippen LogP) is 3.00. The fraction of sp³-hybridized carbons (Fsp3) is 0.0556. The number of nitrogens with one attached hydrogen (secondary N) is 1. The van der Waals surface area contributed by atoms with E-state index in [2.05, 4.69) is 10.4 Å². The number of ether oxygens (including phenoxy) is 1. The van der Waals surface area contributed by atoms with Crippen LogP contribution in [0.3, 0.4) is 0 Å². The lowest BCUT2D eigenvalue weighted by molar-refractivity contribution is -0.386. The maximum atomic E-state index is 13.3. The first kappa shape index (κ1) is 20.9. The van der Waals surface area contributed by atoms with Gasteiger partial charge in [-0.25, -0.2) is 9.07 Å². The Morgan fingerprint density at radius 3 is 2.65 bits per heavy atom. The van der Waals surface area contributed by atoms with Crippen molar-refractivity contribution in [3.8, 4) is 11.8 Å². The Kier molecular flexibility index (Phi) is 5.83. The average Bonchev–Trinajstić information content (AvgIpc) is 3.21. The van der Waals surface area contributed by atoms with Crippen LogP contribution in [0.5, 0.6) is 5.75 Å². The first-order valence-corrected chi connectivity index (χ1v) is 8.38. The minimum atomic E-state index is -0.728. The number of non-ortho nitro benzene ring substituents is 1. The summed E-state index contributed by atoms with van der Waals surface area (Å²) in [6.45, 7) is -0.349. The van der Waals surface area contributed by atoms with Crippen molar-refractivity contribution >= 4 is 23.0 Å². The van der Waals surface area contributed by atoms with Gasteiger partial charge in [0.05, 0.1) is 21.1 Å². The molecule has 0 spiro atoms. The van der Waals surface area contributed by atoms with Crippen LogP contribution < -0.4 is 10.1 Å². The molecule has 1 N–H and O–H groups in total. The number of carbonyl (C=O) groups excluding carboxylic acids is 1. The number of hydrogen-bond donors (Lipinski definition) is 1. The van der Waals surface area contributed by atoms with Gasteiger partial charge in [0.2, 0.25) is 5.75 Å². The number of aromatic nitrogens is 2. The van der Waals surface area contributed by atoms with Gasteiger partial charge in [0, 0.05) is 30.5 Å². The molecule has 0 saturated heterocycles. The Hall–Kier alpha value is -4.86. The maximum absolute atomic E-state index is 13.3. The molecule has 0 atom stereocenters. The second kappa shape index (κ2) is 8.66. The third-order valence-electron chi connectivity index (χ3n) is 3.93. The summed E-state index contributed by atoms with van der Waals surface area (Å²) in [4.78, 5) is 32.8. The van der Waals surface area contributed by atoms with Crippen LogP contribution in [-0.2, 0) is 6.73 Å². The number of carbonyl (C=O) groups is 1. The first-order valence-electron chi connectivity index (χ1n) is 8.38. The highest BCUT2D eigenvalue weighted by Crippen LogP contribution is 2.27. The summed E-state index contributed by atoms with van der Waals surface area (Å²) in [7, 11) is 0. The molecule has 156 valence electrons. The van der Waals surface area contributed by atoms with Crippen LogP contribution >= 0.6 is 0 Å². The molecule has 1 aromatic heterocycles. The van der Waals surface area contributed by atoms with Crippen molar-refractivity contribution in [3.05, 3.63) is 86.0 Å². The molecular weight excluding hydrogens is 415 g/mol. The number of rotatable bonds is 7. The summed E-state index contributed by atoms with van der Waals surface area (Å²) in [5, 5.41) is 37.3. The minimum Gasteiger partial charge on any atom is -0.464 e. The van der Waals surface area contributed by atoms with Gasteiger partial charge in [-0.3, -0.25) is 25.0 Å². The lowest BCUT2D eigenvalue weighted by atomic mass is 10.1. The molecule has 13 heteroatoms. The molecule has 3 aromatic rings.